The van der Waals surface area contributed by atoms with Crippen LogP contribution in [-0.4, -0.2) is 16.7 Å². The third kappa shape index (κ3) is 4.08. The topological polar surface area (TPSA) is 51.0 Å². The van der Waals surface area contributed by atoms with E-state index in [1.165, 1.54) is 10.5 Å². The van der Waals surface area contributed by atoms with Gasteiger partial charge >= 0.3 is 0 Å². The summed E-state index contributed by atoms with van der Waals surface area (Å²) >= 11 is 1.73. The highest BCUT2D eigenvalue weighted by Crippen LogP contribution is 2.24. The second-order valence-corrected chi connectivity index (χ2v) is 5.65. The molecule has 0 aliphatic carbocycles. The van der Waals surface area contributed by atoms with Crippen LogP contribution in [0.5, 0.6) is 0 Å². The molecule has 1 aromatic carbocycles. The second kappa shape index (κ2) is 7.45. The molecule has 1 unspecified atom stereocenters. The zero-order chi connectivity index (χ0) is 14.4. The first-order valence-electron chi connectivity index (χ1n) is 7.00. The maximum absolute atomic E-state index is 5.11. The summed E-state index contributed by atoms with van der Waals surface area (Å²) in [5, 5.41) is 7.39. The van der Waals surface area contributed by atoms with E-state index < -0.39 is 0 Å². The Labute approximate surface area is 124 Å². The van der Waals surface area contributed by atoms with E-state index in [2.05, 4.69) is 53.6 Å². The van der Waals surface area contributed by atoms with Crippen molar-refractivity contribution >= 4 is 11.8 Å². The summed E-state index contributed by atoms with van der Waals surface area (Å²) in [6, 6.07) is 8.96. The summed E-state index contributed by atoms with van der Waals surface area (Å²) in [5.74, 6) is 2.20. The first kappa shape index (κ1) is 15.1. The first-order chi connectivity index (χ1) is 9.72. The van der Waals surface area contributed by atoms with Gasteiger partial charge in [-0.15, -0.1) is 11.8 Å². The minimum Gasteiger partial charge on any atom is -0.339 e. The molecule has 0 aliphatic heterocycles. The molecule has 0 saturated carbocycles. The smallest absolute Gasteiger partial charge is 0.226 e. The van der Waals surface area contributed by atoms with Gasteiger partial charge in [0.05, 0.1) is 5.75 Å². The number of aromatic nitrogens is 2. The van der Waals surface area contributed by atoms with Crippen LogP contribution in [0, 0.1) is 0 Å². The van der Waals surface area contributed by atoms with Crippen LogP contribution in [0.25, 0.3) is 0 Å². The van der Waals surface area contributed by atoms with E-state index in [0.29, 0.717) is 11.9 Å². The first-order valence-corrected chi connectivity index (χ1v) is 7.99. The largest absolute Gasteiger partial charge is 0.339 e. The van der Waals surface area contributed by atoms with Gasteiger partial charge in [0.25, 0.3) is 0 Å². The molecule has 4 nitrogen and oxygen atoms in total. The lowest BCUT2D eigenvalue weighted by Gasteiger charge is -2.13. The minimum absolute atomic E-state index is 0.373. The number of nitrogens with zero attached hydrogens (tertiary/aromatic N) is 2. The quantitative estimate of drug-likeness (QED) is 0.790. The fourth-order valence-corrected chi connectivity index (χ4v) is 2.75. The number of hydrogen-bond donors (Lipinski definition) is 1. The molecule has 1 heterocycles. The van der Waals surface area contributed by atoms with Crippen molar-refractivity contribution in [1.29, 1.82) is 0 Å². The number of benzene rings is 1. The molecule has 0 bridgehead atoms. The average Bonchev–Trinajstić information content (AvgIpc) is 2.94. The van der Waals surface area contributed by atoms with E-state index in [4.69, 9.17) is 4.52 Å². The summed E-state index contributed by atoms with van der Waals surface area (Å²) < 4.78 is 5.11. The van der Waals surface area contributed by atoms with Gasteiger partial charge in [-0.25, -0.2) is 0 Å². The average molecular weight is 291 g/mol. The molecule has 1 N–H and O–H groups in total. The van der Waals surface area contributed by atoms with Gasteiger partial charge in [-0.1, -0.05) is 31.1 Å². The van der Waals surface area contributed by atoms with Gasteiger partial charge in [0.1, 0.15) is 0 Å². The Morgan fingerprint density at radius 2 is 2.20 bits per heavy atom. The molecule has 0 aliphatic rings. The summed E-state index contributed by atoms with van der Waals surface area (Å²) in [7, 11) is 0. The zero-order valence-electron chi connectivity index (χ0n) is 12.2. The number of thioether (sulfide) groups is 1. The van der Waals surface area contributed by atoms with Gasteiger partial charge in [-0.05, 0) is 31.2 Å². The van der Waals surface area contributed by atoms with E-state index in [1.807, 2.05) is 6.92 Å². The molecule has 0 amide bonds. The molecule has 20 heavy (non-hydrogen) atoms. The zero-order valence-corrected chi connectivity index (χ0v) is 13.0. The van der Waals surface area contributed by atoms with Crippen LogP contribution in [0.1, 0.15) is 44.1 Å². The van der Waals surface area contributed by atoms with Crippen molar-refractivity contribution in [2.45, 2.75) is 43.9 Å². The molecule has 1 atom stereocenters. The Hall–Kier alpha value is -1.33. The summed E-state index contributed by atoms with van der Waals surface area (Å²) in [6.45, 7) is 7.29. The van der Waals surface area contributed by atoms with E-state index in [9.17, 15) is 0 Å². The van der Waals surface area contributed by atoms with Gasteiger partial charge in [-0.3, -0.25) is 0 Å². The molecule has 0 spiro atoms. The maximum atomic E-state index is 5.11. The molecular formula is C15H21N3OS. The van der Waals surface area contributed by atoms with Crippen molar-refractivity contribution in [3.05, 3.63) is 41.5 Å². The van der Waals surface area contributed by atoms with Crippen molar-refractivity contribution in [1.82, 2.24) is 15.5 Å². The Morgan fingerprint density at radius 3 is 2.90 bits per heavy atom. The van der Waals surface area contributed by atoms with Gasteiger partial charge in [0.2, 0.25) is 5.89 Å². The lowest BCUT2D eigenvalue weighted by molar-refractivity contribution is 0.378. The summed E-state index contributed by atoms with van der Waals surface area (Å²) in [4.78, 5) is 5.55. The molecule has 5 heteroatoms. The predicted molar refractivity (Wildman–Crippen MR) is 81.8 cm³/mol. The van der Waals surface area contributed by atoms with Crippen LogP contribution >= 0.6 is 11.8 Å². The van der Waals surface area contributed by atoms with Crippen molar-refractivity contribution in [2.75, 3.05) is 6.54 Å². The highest BCUT2D eigenvalue weighted by Gasteiger charge is 2.07. The molecule has 2 aromatic rings. The number of aryl methyl sites for hydroxylation is 1. The molecule has 0 radical (unpaired) electrons. The number of hydrogen-bond acceptors (Lipinski definition) is 5. The third-order valence-electron chi connectivity index (χ3n) is 3.05. The Kier molecular flexibility index (Phi) is 5.61. The van der Waals surface area contributed by atoms with Crippen molar-refractivity contribution < 1.29 is 4.52 Å². The van der Waals surface area contributed by atoms with Crippen LogP contribution in [0.3, 0.4) is 0 Å². The van der Waals surface area contributed by atoms with Crippen molar-refractivity contribution in [2.24, 2.45) is 0 Å². The second-order valence-electron chi connectivity index (χ2n) is 4.60. The molecule has 0 fully saturated rings. The number of rotatable bonds is 7. The van der Waals surface area contributed by atoms with Crippen LogP contribution in [0.15, 0.2) is 33.7 Å². The molecule has 108 valence electrons. The molecule has 0 saturated heterocycles. The Morgan fingerprint density at radius 1 is 1.35 bits per heavy atom. The maximum Gasteiger partial charge on any atom is 0.226 e. The van der Waals surface area contributed by atoms with Crippen LogP contribution in [0.4, 0.5) is 0 Å². The van der Waals surface area contributed by atoms with Gasteiger partial charge in [0.15, 0.2) is 5.82 Å². The molecular weight excluding hydrogens is 270 g/mol. The normalized spacial score (nSPS) is 12.6. The van der Waals surface area contributed by atoms with Crippen molar-refractivity contribution in [3.8, 4) is 0 Å². The van der Waals surface area contributed by atoms with Crippen LogP contribution in [0.2, 0.25) is 0 Å². The lowest BCUT2D eigenvalue weighted by atomic mass is 10.1. The van der Waals surface area contributed by atoms with Crippen LogP contribution in [-0.2, 0) is 12.2 Å². The van der Waals surface area contributed by atoms with Gasteiger partial charge < -0.3 is 9.84 Å². The molecule has 2 rings (SSSR count). The summed E-state index contributed by atoms with van der Waals surface area (Å²) in [5.41, 5.74) is 1.30. The van der Waals surface area contributed by atoms with Gasteiger partial charge in [0, 0.05) is 17.4 Å². The highest BCUT2D eigenvalue weighted by molar-refractivity contribution is 7.98. The lowest BCUT2D eigenvalue weighted by Crippen LogP contribution is -2.17. The predicted octanol–water partition coefficient (Wildman–Crippen LogP) is 3.59. The monoisotopic (exact) mass is 291 g/mol. The van der Waals surface area contributed by atoms with Crippen molar-refractivity contribution in [3.63, 3.8) is 0 Å². The molecule has 1 aromatic heterocycles. The summed E-state index contributed by atoms with van der Waals surface area (Å²) in [6.07, 6.45) is 0.785. The van der Waals surface area contributed by atoms with E-state index in [1.54, 1.807) is 11.8 Å². The van der Waals surface area contributed by atoms with Gasteiger partial charge in [-0.2, -0.15) is 4.98 Å². The standard InChI is InChI=1S/C15H21N3OS/c1-4-15-17-14(18-19-15)10-20-13-8-6-7-12(9-13)11(3)16-5-2/h6-9,11,16H,4-5,10H2,1-3H3. The SMILES string of the molecule is CCNC(C)c1cccc(SCc2noc(CC)n2)c1. The van der Waals surface area contributed by atoms with Crippen LogP contribution < -0.4 is 5.32 Å². The van der Waals surface area contributed by atoms with E-state index in [-0.39, 0.29) is 0 Å². The fourth-order valence-electron chi connectivity index (χ4n) is 1.94. The Balaban J connectivity index is 1.97. The van der Waals surface area contributed by atoms with E-state index in [0.717, 1.165) is 24.5 Å². The highest BCUT2D eigenvalue weighted by atomic mass is 32.2. The minimum atomic E-state index is 0.373. The fraction of sp³-hybridized carbons (Fsp3) is 0.467. The third-order valence-corrected chi connectivity index (χ3v) is 4.04. The number of nitrogens with one attached hydrogen (secondary N) is 1. The van der Waals surface area contributed by atoms with E-state index >= 15 is 0 Å². The Bertz CT molecular complexity index is 541.